The van der Waals surface area contributed by atoms with Gasteiger partial charge in [-0.2, -0.15) is 23.5 Å². The van der Waals surface area contributed by atoms with E-state index in [-0.39, 0.29) is 131 Å². The van der Waals surface area contributed by atoms with Crippen LogP contribution in [0.25, 0.3) is 0 Å². The van der Waals surface area contributed by atoms with Gasteiger partial charge in [0.2, 0.25) is 130 Å². The number of benzene rings is 2. The highest BCUT2D eigenvalue weighted by Gasteiger charge is 2.45. The van der Waals surface area contributed by atoms with Crippen LogP contribution in [0.4, 0.5) is 0 Å². The molecule has 0 aromatic heterocycles. The Hall–Kier alpha value is -12.9. The zero-order valence-electron chi connectivity index (χ0n) is 82.5. The van der Waals surface area contributed by atoms with Gasteiger partial charge in [-0.15, -0.1) is 0 Å². The van der Waals surface area contributed by atoms with E-state index in [4.69, 9.17) is 46.6 Å². The summed E-state index contributed by atoms with van der Waals surface area (Å²) < 4.78 is 35.4. The van der Waals surface area contributed by atoms with Gasteiger partial charge in [0.1, 0.15) is 96.1 Å². The summed E-state index contributed by atoms with van der Waals surface area (Å²) in [5.74, 6) is -20.0. The summed E-state index contributed by atoms with van der Waals surface area (Å²) in [7, 11) is 2.99. The topological polar surface area (TPSA) is 725 Å². The fourth-order valence-corrected chi connectivity index (χ4v) is 17.0. The lowest BCUT2D eigenvalue weighted by Gasteiger charge is -2.31. The number of methoxy groups -OCH3 is 2. The van der Waals surface area contributed by atoms with Crippen molar-refractivity contribution < 1.29 is 119 Å². The Kier molecular flexibility index (Phi) is 46.9. The van der Waals surface area contributed by atoms with Crippen LogP contribution in [-0.2, 0) is 118 Å². The molecule has 138 heavy (non-hydrogen) atoms. The molecule has 0 bridgehead atoms. The number of primary amides is 6. The van der Waals surface area contributed by atoms with Crippen molar-refractivity contribution in [1.82, 2.24) is 84.2 Å². The maximum Gasteiger partial charge on any atom is 0.246 e. The second-order valence-electron chi connectivity index (χ2n) is 34.9. The molecule has 16 atom stereocenters. The summed E-state index contributed by atoms with van der Waals surface area (Å²) >= 11 is 2.27. The van der Waals surface area contributed by atoms with Crippen LogP contribution in [0.5, 0.6) is 11.5 Å². The van der Waals surface area contributed by atoms with E-state index >= 15 is 0 Å². The Bertz CT molecular complexity index is 4780. The predicted octanol–water partition coefficient (Wildman–Crippen LogP) is -5.00. The second kappa shape index (κ2) is 58.6. The average molecular weight is 1980 g/mol. The number of nitrogens with one attached hydrogen (secondary N) is 14. The molecule has 0 aliphatic carbocycles. The monoisotopic (exact) mass is 1980 g/mol. The third kappa shape index (κ3) is 39.7. The smallest absolute Gasteiger partial charge is 0.246 e. The van der Waals surface area contributed by atoms with E-state index in [0.29, 0.717) is 41.9 Å². The van der Waals surface area contributed by atoms with E-state index in [1.807, 2.05) is 5.32 Å². The maximum absolute atomic E-state index is 14.6. The molecule has 4 aliphatic heterocycles. The van der Waals surface area contributed by atoms with Crippen LogP contribution in [-0.4, -0.2) is 288 Å². The Morgan fingerprint density at radius 3 is 1.20 bits per heavy atom. The van der Waals surface area contributed by atoms with E-state index in [1.54, 1.807) is 104 Å². The molecule has 48 heteroatoms. The molecule has 4 saturated heterocycles. The predicted molar refractivity (Wildman–Crippen MR) is 506 cm³/mol. The molecule has 764 valence electrons. The lowest BCUT2D eigenvalue weighted by atomic mass is 9.96. The molecule has 6 rings (SSSR count). The molecule has 2 aromatic rings. The minimum absolute atomic E-state index is 0.00638. The van der Waals surface area contributed by atoms with Crippen LogP contribution in [0.3, 0.4) is 0 Å². The quantitative estimate of drug-likeness (QED) is 0.0304. The van der Waals surface area contributed by atoms with Crippen molar-refractivity contribution in [1.29, 1.82) is 0 Å². The molecule has 0 spiro atoms. The molecule has 26 N–H and O–H groups in total. The number of nitrogens with two attached hydrogens (primary N) is 6. The van der Waals surface area contributed by atoms with Gasteiger partial charge in [-0.05, 0) is 135 Å². The van der Waals surface area contributed by atoms with Crippen molar-refractivity contribution >= 4 is 153 Å². The van der Waals surface area contributed by atoms with Crippen molar-refractivity contribution in [3.63, 3.8) is 0 Å². The number of amides is 22. The summed E-state index contributed by atoms with van der Waals surface area (Å²) in [5.41, 5.74) is 33.4. The maximum atomic E-state index is 14.6. The highest BCUT2D eigenvalue weighted by molar-refractivity contribution is 7.99. The summed E-state index contributed by atoms with van der Waals surface area (Å²) in [5, 5.41) is 35.3. The Morgan fingerprint density at radius 2 is 0.819 bits per heavy atom. The molecular weight excluding hydrogens is 1840 g/mol. The van der Waals surface area contributed by atoms with Gasteiger partial charge in [0, 0.05) is 63.1 Å². The standard InChI is InChI=1S/2C45H69N11O12S/c2*1-6-25(4)38-44(66)51-28(15-16-34(46)57)40(62)52-31(21-35(47)58)41(63)54-32(23-69-18-8-10-37(60)50-30(42(64)55-38)20-26-11-13-27(68-5)14-12-26)45(67)56-17-7-9-33(56)43(65)53-29(19-24(2)3)39(61)49-22-36(48)59/h2*11-14,24-25,28-33,38H,6-10,15-23H2,1-5H3,(H2,46,57)(H2,47,58)(H2,48,59)(H,49,61)(H,50,60)(H,51,66)(H,52,62)(H,53,65)(H,54,63)(H,55,64)/t2*25-,28-,29-,30-,31-,32-,33-,38-/m00/s1/i33D;22D2. The zero-order valence-corrected chi connectivity index (χ0v) is 81.1. The number of ether oxygens (including phenoxy) is 2. The number of thioether (sulfide) groups is 2. The average Bonchev–Trinajstić information content (AvgIpc) is 1.65. The minimum atomic E-state index is -2.94. The lowest BCUT2D eigenvalue weighted by Crippen LogP contribution is -2.61. The summed E-state index contributed by atoms with van der Waals surface area (Å²) in [6, 6.07) is -7.05. The molecular formula is C90H138N22O24S2. The van der Waals surface area contributed by atoms with E-state index in [9.17, 15) is 107 Å². The highest BCUT2D eigenvalue weighted by atomic mass is 32.2. The molecule has 46 nitrogen and oxygen atoms in total. The van der Waals surface area contributed by atoms with E-state index in [1.165, 1.54) is 19.1 Å². The lowest BCUT2D eigenvalue weighted by molar-refractivity contribution is -0.142. The van der Waals surface area contributed by atoms with Gasteiger partial charge in [-0.25, -0.2) is 0 Å². The van der Waals surface area contributed by atoms with Crippen molar-refractivity contribution in [3.05, 3.63) is 59.7 Å². The molecule has 2 aromatic carbocycles. The summed E-state index contributed by atoms with van der Waals surface area (Å²) in [6.07, 6.45) is -1.71. The number of nitrogens with zero attached hydrogens (tertiary/aromatic N) is 2. The fraction of sp³-hybridized carbons (Fsp3) is 0.622. The molecule has 4 fully saturated rings. The number of carbonyl (C=O) groups excluding carboxylic acids is 22. The Morgan fingerprint density at radius 1 is 0.442 bits per heavy atom. The molecule has 4 heterocycles. The molecule has 4 aliphatic rings. The van der Waals surface area contributed by atoms with Crippen LogP contribution in [0, 0.1) is 23.7 Å². The molecule has 0 saturated carbocycles. The third-order valence-corrected chi connectivity index (χ3v) is 25.2. The first kappa shape index (κ1) is 110. The number of hydrogen-bond donors (Lipinski definition) is 20. The number of rotatable bonds is 36. The van der Waals surface area contributed by atoms with Crippen LogP contribution in [0.15, 0.2) is 48.5 Å². The van der Waals surface area contributed by atoms with Crippen LogP contribution in [0.1, 0.15) is 186 Å². The molecule has 0 radical (unpaired) electrons. The van der Waals surface area contributed by atoms with Gasteiger partial charge >= 0.3 is 0 Å². The van der Waals surface area contributed by atoms with Crippen LogP contribution >= 0.6 is 23.5 Å². The minimum Gasteiger partial charge on any atom is -0.497 e. The van der Waals surface area contributed by atoms with E-state index < -0.39 is 265 Å². The highest BCUT2D eigenvalue weighted by Crippen LogP contribution is 2.26. The third-order valence-electron chi connectivity index (χ3n) is 22.9. The second-order valence-corrected chi connectivity index (χ2v) is 37.2. The van der Waals surface area contributed by atoms with Crippen molar-refractivity contribution in [2.24, 2.45) is 58.1 Å². The normalized spacial score (nSPS) is 24.1. The van der Waals surface area contributed by atoms with Crippen molar-refractivity contribution in [3.8, 4) is 11.5 Å². The van der Waals surface area contributed by atoms with Gasteiger partial charge < -0.3 is 128 Å². The van der Waals surface area contributed by atoms with Gasteiger partial charge in [0.15, 0.2) is 0 Å². The van der Waals surface area contributed by atoms with Crippen molar-refractivity contribution in [2.75, 3.05) is 63.4 Å². The zero-order chi connectivity index (χ0) is 105. The summed E-state index contributed by atoms with van der Waals surface area (Å²) in [6.45, 7) is 10.4. The summed E-state index contributed by atoms with van der Waals surface area (Å²) in [4.78, 5) is 297. The van der Waals surface area contributed by atoms with Gasteiger partial charge in [0.05, 0.1) is 44.2 Å². The van der Waals surface area contributed by atoms with Gasteiger partial charge in [-0.1, -0.05) is 92.5 Å². The largest absolute Gasteiger partial charge is 0.497 e. The SMILES string of the molecule is [2H]C([2H])(NC(=O)[C@H](CC(C)C)NC(=O)[C@@H]1CCCN1C(=O)[C@@H]1CSCCCC(=O)N[C@@H](Cc2ccc(OC)cc2)C(=O)N[C@@H]([C@@H](C)CC)C(=O)N[C@@H](CCC(N)=O)C(=O)N[C@@H](CC(N)=O)C(=O)N1)C(N)=O.[2H][C@@]1(C(=O)N[C@@H](CC(C)C)C(=O)NCC(N)=O)CCCN1C(=O)[C@@H]1CSCCCC(=O)N[C@@H](Cc2ccc(OC)cc2)C(=O)N[C@@H]([C@@H](C)CC)C(=O)N[C@@H](CCC(N)=O)C(=O)N[C@@H](CC(N)=O)C(=O)N1. The molecule has 22 amide bonds. The van der Waals surface area contributed by atoms with Crippen LogP contribution < -0.4 is 118 Å². The van der Waals surface area contributed by atoms with Gasteiger partial charge in [0.25, 0.3) is 0 Å². The first-order chi connectivity index (χ1) is 66.3. The van der Waals surface area contributed by atoms with Gasteiger partial charge in [-0.3, -0.25) is 105 Å². The van der Waals surface area contributed by atoms with Crippen LogP contribution in [0.2, 0.25) is 0 Å². The number of hydrogen-bond acceptors (Lipinski definition) is 26. The molecule has 0 unspecified atom stereocenters. The van der Waals surface area contributed by atoms with E-state index in [2.05, 4.69) is 69.1 Å². The van der Waals surface area contributed by atoms with Crippen molar-refractivity contribution in [2.45, 2.75) is 268 Å². The fourth-order valence-electron chi connectivity index (χ4n) is 15.1. The number of carbonyl (C=O) groups is 22. The Balaban J connectivity index is 0.000000497. The Labute approximate surface area is 813 Å². The van der Waals surface area contributed by atoms with E-state index in [0.717, 1.165) is 28.4 Å². The first-order valence-electron chi connectivity index (χ1n) is 47.3. The number of likely N-dealkylation sites (tertiary alicyclic amines) is 2. The first-order valence-corrected chi connectivity index (χ1v) is 48.1.